The van der Waals surface area contributed by atoms with Gasteiger partial charge in [0.15, 0.2) is 0 Å². The van der Waals surface area contributed by atoms with Crippen molar-refractivity contribution in [3.63, 3.8) is 0 Å². The molecule has 0 aromatic rings. The number of nitrogens with two attached hydrogens (primary N) is 1. The van der Waals surface area contributed by atoms with E-state index in [1.165, 1.54) is 0 Å². The summed E-state index contributed by atoms with van der Waals surface area (Å²) in [5.74, 6) is 4.05. The number of hydrazine groups is 1. The van der Waals surface area contributed by atoms with Crippen LogP contribution in [0.15, 0.2) is 0 Å². The second-order valence-corrected chi connectivity index (χ2v) is 1.23. The summed E-state index contributed by atoms with van der Waals surface area (Å²) in [5, 5.41) is 9.75. The molecule has 0 fully saturated rings. The van der Waals surface area contributed by atoms with Crippen molar-refractivity contribution in [2.24, 2.45) is 5.84 Å². The Bertz CT molecular complexity index is 128. The molecule has 7 heteroatoms. The van der Waals surface area contributed by atoms with Crippen molar-refractivity contribution in [2.75, 3.05) is 6.54 Å². The fourth-order valence-electron chi connectivity index (χ4n) is 0.207. The van der Waals surface area contributed by atoms with Gasteiger partial charge in [-0.15, -0.1) is 12.4 Å². The fraction of sp³-hybridized carbons (Fsp3) is 0.333. The van der Waals surface area contributed by atoms with Gasteiger partial charge in [-0.05, 0) is 0 Å². The summed E-state index contributed by atoms with van der Waals surface area (Å²) in [6.45, 7) is -0.314. The first kappa shape index (κ1) is 11.7. The maximum atomic E-state index is 10.2. The summed E-state index contributed by atoms with van der Waals surface area (Å²) in [5.41, 5.74) is 1.76. The van der Waals surface area contributed by atoms with Crippen molar-refractivity contribution in [2.45, 2.75) is 0 Å². The minimum absolute atomic E-state index is 0. The van der Waals surface area contributed by atoms with Crippen molar-refractivity contribution >= 4 is 24.4 Å². The van der Waals surface area contributed by atoms with Gasteiger partial charge in [-0.2, -0.15) is 0 Å². The number of carbonyl (C=O) groups is 2. The first-order chi connectivity index (χ1) is 4.16. The Labute approximate surface area is 63.1 Å². The second kappa shape index (κ2) is 6.12. The van der Waals surface area contributed by atoms with E-state index in [-0.39, 0.29) is 19.0 Å². The standard InChI is InChI=1S/C3H7N3O3.ClH/c4-6-2(7)1-5-3(8)9;/h5H,1,4H2,(H,6,7)(H,8,9);1H. The lowest BCUT2D eigenvalue weighted by Crippen LogP contribution is -2.39. The van der Waals surface area contributed by atoms with E-state index in [9.17, 15) is 9.59 Å². The third kappa shape index (κ3) is 6.99. The lowest BCUT2D eigenvalue weighted by atomic mass is 10.6. The van der Waals surface area contributed by atoms with Crippen LogP contribution in [-0.2, 0) is 4.79 Å². The Morgan fingerprint density at radius 1 is 1.50 bits per heavy atom. The monoisotopic (exact) mass is 169 g/mol. The molecular formula is C3H8ClN3O3. The fourth-order valence-corrected chi connectivity index (χ4v) is 0.207. The minimum atomic E-state index is -1.25. The van der Waals surface area contributed by atoms with E-state index >= 15 is 0 Å². The van der Waals surface area contributed by atoms with Gasteiger partial charge in [0.05, 0.1) is 0 Å². The van der Waals surface area contributed by atoms with Crippen LogP contribution < -0.4 is 16.6 Å². The van der Waals surface area contributed by atoms with Crippen LogP contribution in [0.3, 0.4) is 0 Å². The van der Waals surface area contributed by atoms with Gasteiger partial charge >= 0.3 is 6.09 Å². The quantitative estimate of drug-likeness (QED) is 0.233. The molecule has 0 aliphatic rings. The highest BCUT2D eigenvalue weighted by Gasteiger charge is 1.98. The van der Waals surface area contributed by atoms with Crippen LogP contribution in [0.1, 0.15) is 0 Å². The third-order valence-electron chi connectivity index (χ3n) is 0.561. The molecule has 0 saturated carbocycles. The van der Waals surface area contributed by atoms with Crippen LogP contribution in [0.4, 0.5) is 4.79 Å². The average Bonchev–Trinajstić information content (AvgIpc) is 1.83. The molecule has 0 unspecified atom stereocenters. The number of amides is 2. The van der Waals surface area contributed by atoms with Crippen LogP contribution in [0.2, 0.25) is 0 Å². The molecule has 0 aliphatic carbocycles. The maximum Gasteiger partial charge on any atom is 0.405 e. The van der Waals surface area contributed by atoms with Gasteiger partial charge in [0.1, 0.15) is 6.54 Å². The lowest BCUT2D eigenvalue weighted by molar-refractivity contribution is -0.120. The highest BCUT2D eigenvalue weighted by atomic mass is 35.5. The smallest absolute Gasteiger partial charge is 0.405 e. The number of rotatable bonds is 2. The number of hydrogen-bond acceptors (Lipinski definition) is 3. The zero-order valence-corrected chi connectivity index (χ0v) is 5.77. The van der Waals surface area contributed by atoms with E-state index in [1.54, 1.807) is 5.43 Å². The van der Waals surface area contributed by atoms with Crippen molar-refractivity contribution in [3.8, 4) is 0 Å². The first-order valence-corrected chi connectivity index (χ1v) is 2.13. The topological polar surface area (TPSA) is 104 Å². The summed E-state index contributed by atoms with van der Waals surface area (Å²) in [6.07, 6.45) is -1.25. The predicted molar refractivity (Wildman–Crippen MR) is 35.6 cm³/mol. The highest BCUT2D eigenvalue weighted by Crippen LogP contribution is 1.60. The van der Waals surface area contributed by atoms with Gasteiger partial charge in [-0.3, -0.25) is 10.2 Å². The van der Waals surface area contributed by atoms with E-state index in [4.69, 9.17) is 5.11 Å². The largest absolute Gasteiger partial charge is 0.465 e. The molecule has 2 amide bonds. The molecule has 6 nitrogen and oxygen atoms in total. The summed E-state index contributed by atoms with van der Waals surface area (Å²) in [4.78, 5) is 19.8. The van der Waals surface area contributed by atoms with Crippen molar-refractivity contribution in [1.82, 2.24) is 10.7 Å². The summed E-state index contributed by atoms with van der Waals surface area (Å²) in [6, 6.07) is 0. The van der Waals surface area contributed by atoms with E-state index in [1.807, 2.05) is 5.32 Å². The molecule has 60 valence electrons. The number of halogens is 1. The third-order valence-corrected chi connectivity index (χ3v) is 0.561. The van der Waals surface area contributed by atoms with Gasteiger partial charge in [0.2, 0.25) is 0 Å². The molecular weight excluding hydrogens is 162 g/mol. The molecule has 0 rings (SSSR count). The van der Waals surface area contributed by atoms with Gasteiger partial charge in [-0.25, -0.2) is 10.6 Å². The van der Waals surface area contributed by atoms with E-state index in [2.05, 4.69) is 5.84 Å². The van der Waals surface area contributed by atoms with Crippen LogP contribution >= 0.6 is 12.4 Å². The number of nitrogens with one attached hydrogen (secondary N) is 2. The molecule has 0 radical (unpaired) electrons. The molecule has 0 atom stereocenters. The molecule has 0 aromatic carbocycles. The molecule has 0 saturated heterocycles. The van der Waals surface area contributed by atoms with E-state index < -0.39 is 12.0 Å². The van der Waals surface area contributed by atoms with E-state index in [0.717, 1.165) is 0 Å². The molecule has 10 heavy (non-hydrogen) atoms. The zero-order chi connectivity index (χ0) is 7.28. The number of carboxylic acid groups (broad SMARTS) is 1. The van der Waals surface area contributed by atoms with Crippen LogP contribution in [-0.4, -0.2) is 23.7 Å². The lowest BCUT2D eigenvalue weighted by Gasteiger charge is -1.96. The maximum absolute atomic E-state index is 10.2. The van der Waals surface area contributed by atoms with Gasteiger partial charge < -0.3 is 10.4 Å². The SMILES string of the molecule is Cl.NNC(=O)CNC(=O)O. The Morgan fingerprint density at radius 3 is 2.30 bits per heavy atom. The zero-order valence-electron chi connectivity index (χ0n) is 4.96. The summed E-state index contributed by atoms with van der Waals surface area (Å²) < 4.78 is 0. The first-order valence-electron chi connectivity index (χ1n) is 2.13. The van der Waals surface area contributed by atoms with E-state index in [0.29, 0.717) is 0 Å². The Balaban J connectivity index is 0. The Kier molecular flexibility index (Phi) is 7.18. The van der Waals surface area contributed by atoms with Crippen LogP contribution in [0.5, 0.6) is 0 Å². The van der Waals surface area contributed by atoms with Crippen molar-refractivity contribution in [1.29, 1.82) is 0 Å². The normalized spacial score (nSPS) is 7.30. The molecule has 0 spiro atoms. The van der Waals surface area contributed by atoms with Crippen molar-refractivity contribution in [3.05, 3.63) is 0 Å². The predicted octanol–water partition coefficient (Wildman–Crippen LogP) is -1.33. The van der Waals surface area contributed by atoms with Gasteiger partial charge in [0.25, 0.3) is 5.91 Å². The molecule has 5 N–H and O–H groups in total. The molecule has 0 bridgehead atoms. The van der Waals surface area contributed by atoms with Crippen LogP contribution in [0, 0.1) is 0 Å². The van der Waals surface area contributed by atoms with Gasteiger partial charge in [-0.1, -0.05) is 0 Å². The highest BCUT2D eigenvalue weighted by molar-refractivity contribution is 5.85. The number of carbonyl (C=O) groups excluding carboxylic acids is 1. The number of hydrogen-bond donors (Lipinski definition) is 4. The molecule has 0 aliphatic heterocycles. The minimum Gasteiger partial charge on any atom is -0.465 e. The van der Waals surface area contributed by atoms with Gasteiger partial charge in [0, 0.05) is 0 Å². The summed E-state index contributed by atoms with van der Waals surface area (Å²) in [7, 11) is 0. The molecule has 0 heterocycles. The van der Waals surface area contributed by atoms with Crippen molar-refractivity contribution < 1.29 is 14.7 Å². The molecule has 0 aromatic heterocycles. The summed E-state index contributed by atoms with van der Waals surface area (Å²) >= 11 is 0. The second-order valence-electron chi connectivity index (χ2n) is 1.23. The van der Waals surface area contributed by atoms with Crippen LogP contribution in [0.25, 0.3) is 0 Å². The average molecular weight is 170 g/mol. The Hall–Kier alpha value is -1.01. The Morgan fingerprint density at radius 2 is 2.00 bits per heavy atom.